The van der Waals surface area contributed by atoms with Gasteiger partial charge in [0.2, 0.25) is 5.91 Å². The number of para-hydroxylation sites is 2. The Kier molecular flexibility index (Phi) is 7.56. The first-order valence-corrected chi connectivity index (χ1v) is 9.15. The first-order chi connectivity index (χ1) is 12.1. The van der Waals surface area contributed by atoms with Gasteiger partial charge in [0.25, 0.3) is 5.69 Å². The Bertz CT molecular complexity index is 743. The predicted molar refractivity (Wildman–Crippen MR) is 102 cm³/mol. The van der Waals surface area contributed by atoms with Gasteiger partial charge in [0, 0.05) is 29.9 Å². The molecule has 0 saturated carbocycles. The third kappa shape index (κ3) is 6.64. The Morgan fingerprint density at radius 1 is 1.16 bits per heavy atom. The van der Waals surface area contributed by atoms with Gasteiger partial charge in [-0.05, 0) is 23.8 Å². The molecule has 8 heteroatoms. The van der Waals surface area contributed by atoms with Crippen LogP contribution in [0.4, 0.5) is 11.4 Å². The summed E-state index contributed by atoms with van der Waals surface area (Å²) in [7, 11) is 0. The molecule has 132 valence electrons. The van der Waals surface area contributed by atoms with Crippen LogP contribution >= 0.6 is 23.4 Å². The fourth-order valence-corrected chi connectivity index (χ4v) is 3.14. The molecule has 0 saturated heterocycles. The number of anilines is 1. The molecule has 1 amide bonds. The zero-order chi connectivity index (χ0) is 18.1. The molecule has 0 aliphatic heterocycles. The summed E-state index contributed by atoms with van der Waals surface area (Å²) in [5, 5.41) is 17.3. The molecule has 0 radical (unpaired) electrons. The lowest BCUT2D eigenvalue weighted by Crippen LogP contribution is -2.30. The topological polar surface area (TPSA) is 84.3 Å². The second-order valence-corrected chi connectivity index (χ2v) is 6.60. The normalized spacial score (nSPS) is 10.3. The number of hydrogen-bond acceptors (Lipinski definition) is 5. The molecule has 25 heavy (non-hydrogen) atoms. The van der Waals surface area contributed by atoms with Crippen molar-refractivity contribution in [2.45, 2.75) is 5.75 Å². The summed E-state index contributed by atoms with van der Waals surface area (Å²) in [6.07, 6.45) is 0. The van der Waals surface area contributed by atoms with Gasteiger partial charge in [0.15, 0.2) is 0 Å². The van der Waals surface area contributed by atoms with Crippen LogP contribution in [0.1, 0.15) is 5.56 Å². The summed E-state index contributed by atoms with van der Waals surface area (Å²) in [6, 6.07) is 14.0. The van der Waals surface area contributed by atoms with E-state index in [1.165, 1.54) is 17.8 Å². The van der Waals surface area contributed by atoms with Gasteiger partial charge >= 0.3 is 0 Å². The van der Waals surface area contributed by atoms with E-state index < -0.39 is 4.92 Å². The SMILES string of the molecule is O=C(CSCc1cccc(Cl)c1)NCCNc1ccccc1[N+](=O)[O-]. The van der Waals surface area contributed by atoms with Crippen LogP contribution in [0.3, 0.4) is 0 Å². The minimum atomic E-state index is -0.437. The van der Waals surface area contributed by atoms with Gasteiger partial charge in [-0.3, -0.25) is 14.9 Å². The van der Waals surface area contributed by atoms with E-state index in [1.807, 2.05) is 24.3 Å². The Morgan fingerprint density at radius 2 is 1.96 bits per heavy atom. The number of carbonyl (C=O) groups excluding carboxylic acids is 1. The van der Waals surface area contributed by atoms with Crippen LogP contribution < -0.4 is 10.6 Å². The highest BCUT2D eigenvalue weighted by atomic mass is 35.5. The minimum absolute atomic E-state index is 0.0194. The van der Waals surface area contributed by atoms with Crippen LogP contribution in [0.15, 0.2) is 48.5 Å². The second-order valence-electron chi connectivity index (χ2n) is 5.17. The Hall–Kier alpha value is -2.25. The average Bonchev–Trinajstić information content (AvgIpc) is 2.59. The van der Waals surface area contributed by atoms with Gasteiger partial charge in [-0.2, -0.15) is 0 Å². The van der Waals surface area contributed by atoms with Crippen molar-refractivity contribution in [1.82, 2.24) is 5.32 Å². The average molecular weight is 380 g/mol. The number of nitrogens with zero attached hydrogens (tertiary/aromatic N) is 1. The van der Waals surface area contributed by atoms with Crippen LogP contribution in [0, 0.1) is 10.1 Å². The van der Waals surface area contributed by atoms with E-state index in [1.54, 1.807) is 18.2 Å². The quantitative estimate of drug-likeness (QED) is 0.394. The van der Waals surface area contributed by atoms with Crippen molar-refractivity contribution < 1.29 is 9.72 Å². The Balaban J connectivity index is 1.65. The van der Waals surface area contributed by atoms with Crippen LogP contribution in [0.5, 0.6) is 0 Å². The zero-order valence-electron chi connectivity index (χ0n) is 13.4. The van der Waals surface area contributed by atoms with Gasteiger partial charge in [-0.15, -0.1) is 11.8 Å². The van der Waals surface area contributed by atoms with Crippen molar-refractivity contribution >= 4 is 40.6 Å². The number of rotatable bonds is 9. The maximum Gasteiger partial charge on any atom is 0.292 e. The molecular formula is C17H18ClN3O3S. The molecular weight excluding hydrogens is 362 g/mol. The number of nitrogens with one attached hydrogen (secondary N) is 2. The molecule has 2 aromatic rings. The number of hydrogen-bond donors (Lipinski definition) is 2. The highest BCUT2D eigenvalue weighted by molar-refractivity contribution is 7.99. The summed E-state index contributed by atoms with van der Waals surface area (Å²) in [5.41, 5.74) is 1.53. The van der Waals surface area contributed by atoms with Crippen molar-refractivity contribution in [2.24, 2.45) is 0 Å². The minimum Gasteiger partial charge on any atom is -0.378 e. The smallest absolute Gasteiger partial charge is 0.292 e. The lowest BCUT2D eigenvalue weighted by atomic mass is 10.2. The summed E-state index contributed by atoms with van der Waals surface area (Å²) in [4.78, 5) is 22.3. The number of nitro groups is 1. The number of halogens is 1. The molecule has 0 spiro atoms. The molecule has 2 rings (SSSR count). The standard InChI is InChI=1S/C17H18ClN3O3S/c18-14-5-3-4-13(10-14)11-25-12-17(22)20-9-8-19-15-6-1-2-7-16(15)21(23)24/h1-7,10,19H,8-9,11-12H2,(H,20,22). The molecule has 0 bridgehead atoms. The lowest BCUT2D eigenvalue weighted by Gasteiger charge is -2.08. The molecule has 0 atom stereocenters. The first-order valence-electron chi connectivity index (χ1n) is 7.62. The van der Waals surface area contributed by atoms with Crippen molar-refractivity contribution in [3.63, 3.8) is 0 Å². The van der Waals surface area contributed by atoms with E-state index in [2.05, 4.69) is 10.6 Å². The van der Waals surface area contributed by atoms with Crippen molar-refractivity contribution in [1.29, 1.82) is 0 Å². The fraction of sp³-hybridized carbons (Fsp3) is 0.235. The summed E-state index contributed by atoms with van der Waals surface area (Å²) in [5.74, 6) is 0.983. The van der Waals surface area contributed by atoms with Crippen molar-refractivity contribution in [3.8, 4) is 0 Å². The van der Waals surface area contributed by atoms with E-state index in [4.69, 9.17) is 11.6 Å². The van der Waals surface area contributed by atoms with Gasteiger partial charge in [0.05, 0.1) is 10.7 Å². The van der Waals surface area contributed by atoms with E-state index in [0.717, 1.165) is 5.56 Å². The summed E-state index contributed by atoms with van der Waals surface area (Å²) < 4.78 is 0. The second kappa shape index (κ2) is 9.90. The highest BCUT2D eigenvalue weighted by Crippen LogP contribution is 2.22. The lowest BCUT2D eigenvalue weighted by molar-refractivity contribution is -0.384. The number of benzene rings is 2. The molecule has 0 heterocycles. The van der Waals surface area contributed by atoms with Gasteiger partial charge in [-0.25, -0.2) is 0 Å². The number of thioether (sulfide) groups is 1. The third-order valence-corrected chi connectivity index (χ3v) is 4.49. The Labute approximate surface area is 155 Å². The van der Waals surface area contributed by atoms with Crippen LogP contribution in [-0.4, -0.2) is 29.7 Å². The molecule has 0 aromatic heterocycles. The van der Waals surface area contributed by atoms with Crippen molar-refractivity contribution in [2.75, 3.05) is 24.2 Å². The highest BCUT2D eigenvalue weighted by Gasteiger charge is 2.11. The summed E-state index contributed by atoms with van der Waals surface area (Å²) in [6.45, 7) is 0.804. The maximum absolute atomic E-state index is 11.8. The molecule has 0 fully saturated rings. The zero-order valence-corrected chi connectivity index (χ0v) is 15.0. The molecule has 2 N–H and O–H groups in total. The first kappa shape index (κ1) is 19.1. The monoisotopic (exact) mass is 379 g/mol. The Morgan fingerprint density at radius 3 is 2.72 bits per heavy atom. The number of nitro benzene ring substituents is 1. The van der Waals surface area contributed by atoms with E-state index in [-0.39, 0.29) is 11.6 Å². The molecule has 0 unspecified atom stereocenters. The molecule has 0 aliphatic rings. The largest absolute Gasteiger partial charge is 0.378 e. The third-order valence-electron chi connectivity index (χ3n) is 3.25. The molecule has 6 nitrogen and oxygen atoms in total. The van der Waals surface area contributed by atoms with E-state index in [9.17, 15) is 14.9 Å². The summed E-state index contributed by atoms with van der Waals surface area (Å²) >= 11 is 7.42. The molecule has 2 aromatic carbocycles. The number of amides is 1. The van der Waals surface area contributed by atoms with Crippen LogP contribution in [-0.2, 0) is 10.5 Å². The van der Waals surface area contributed by atoms with Gasteiger partial charge in [-0.1, -0.05) is 35.9 Å². The number of carbonyl (C=O) groups is 1. The van der Waals surface area contributed by atoms with Gasteiger partial charge in [0.1, 0.15) is 5.69 Å². The van der Waals surface area contributed by atoms with Crippen LogP contribution in [0.25, 0.3) is 0 Å². The van der Waals surface area contributed by atoms with E-state index >= 15 is 0 Å². The molecule has 0 aliphatic carbocycles. The van der Waals surface area contributed by atoms with Crippen molar-refractivity contribution in [3.05, 3.63) is 69.2 Å². The fourth-order valence-electron chi connectivity index (χ4n) is 2.12. The van der Waals surface area contributed by atoms with Gasteiger partial charge < -0.3 is 10.6 Å². The van der Waals surface area contributed by atoms with E-state index in [0.29, 0.717) is 35.3 Å². The van der Waals surface area contributed by atoms with Crippen LogP contribution in [0.2, 0.25) is 5.02 Å². The predicted octanol–water partition coefficient (Wildman–Crippen LogP) is 3.71. The maximum atomic E-state index is 11.8.